The number of aromatic amines is 1. The highest BCUT2D eigenvalue weighted by atomic mass is 16.5. The molecule has 0 aliphatic heterocycles. The number of ether oxygens (including phenoxy) is 1. The summed E-state index contributed by atoms with van der Waals surface area (Å²) >= 11 is 0. The van der Waals surface area contributed by atoms with Gasteiger partial charge in [-0.3, -0.25) is 9.89 Å². The number of carboxylic acid groups (broad SMARTS) is 1. The van der Waals surface area contributed by atoms with Crippen molar-refractivity contribution in [3.05, 3.63) is 59.8 Å². The van der Waals surface area contributed by atoms with E-state index in [9.17, 15) is 4.79 Å². The largest absolute Gasteiger partial charge is 0.485 e. The molecule has 0 saturated carbocycles. The number of fused-ring (bicyclic) bond motifs is 1. The number of hydrogen-bond donors (Lipinski definition) is 2. The number of nitrogens with one attached hydrogen (secondary N) is 1. The molecular weight excluding hydrogens is 352 g/mol. The number of rotatable bonds is 7. The Morgan fingerprint density at radius 1 is 1.21 bits per heavy atom. The average molecular weight is 376 g/mol. The maximum Gasteiger partial charge on any atom is 0.304 e. The first kappa shape index (κ1) is 19.5. The Bertz CT molecular complexity index is 1010. The summed E-state index contributed by atoms with van der Waals surface area (Å²) in [4.78, 5) is 11.1. The van der Waals surface area contributed by atoms with Crippen molar-refractivity contribution in [2.75, 3.05) is 0 Å². The molecule has 0 radical (unpaired) electrons. The number of H-pyrrole nitrogens is 1. The van der Waals surface area contributed by atoms with E-state index in [1.807, 2.05) is 42.6 Å². The molecule has 0 bridgehead atoms. The van der Waals surface area contributed by atoms with Crippen LogP contribution in [0.15, 0.2) is 48.7 Å². The molecule has 5 nitrogen and oxygen atoms in total. The molecule has 0 aliphatic carbocycles. The zero-order valence-electron chi connectivity index (χ0n) is 16.3. The van der Waals surface area contributed by atoms with Gasteiger partial charge in [0.15, 0.2) is 0 Å². The second kappa shape index (κ2) is 8.62. The highest BCUT2D eigenvalue weighted by Crippen LogP contribution is 2.33. The lowest BCUT2D eigenvalue weighted by Crippen LogP contribution is -2.14. The maximum atomic E-state index is 11.1. The summed E-state index contributed by atoms with van der Waals surface area (Å²) in [6, 6.07) is 13.6. The smallest absolute Gasteiger partial charge is 0.304 e. The van der Waals surface area contributed by atoms with Crippen LogP contribution < -0.4 is 4.74 Å². The quantitative estimate of drug-likeness (QED) is 0.574. The van der Waals surface area contributed by atoms with Crippen molar-refractivity contribution in [3.63, 3.8) is 0 Å². The summed E-state index contributed by atoms with van der Waals surface area (Å²) in [7, 11) is 0. The predicted octanol–water partition coefficient (Wildman–Crippen LogP) is 4.92. The van der Waals surface area contributed by atoms with E-state index in [-0.39, 0.29) is 24.4 Å². The van der Waals surface area contributed by atoms with Gasteiger partial charge in [0.05, 0.1) is 24.1 Å². The van der Waals surface area contributed by atoms with Crippen molar-refractivity contribution in [3.8, 4) is 17.6 Å². The SMILES string of the molecule is CC#CC(CC(=O)O)c1ccc(OC(c2cccc3[nH]ncc23)C(C)C)cc1. The number of hydrogen-bond acceptors (Lipinski definition) is 3. The Balaban J connectivity index is 1.85. The summed E-state index contributed by atoms with van der Waals surface area (Å²) in [6.45, 7) is 5.96. The van der Waals surface area contributed by atoms with Gasteiger partial charge in [-0.05, 0) is 36.6 Å². The van der Waals surface area contributed by atoms with Crippen molar-refractivity contribution in [2.24, 2.45) is 5.92 Å². The molecule has 28 heavy (non-hydrogen) atoms. The van der Waals surface area contributed by atoms with Gasteiger partial charge in [-0.1, -0.05) is 44.0 Å². The topological polar surface area (TPSA) is 75.2 Å². The number of carbonyl (C=O) groups is 1. The van der Waals surface area contributed by atoms with Gasteiger partial charge in [0.25, 0.3) is 0 Å². The molecular formula is C23H24N2O3. The molecule has 0 amide bonds. The first-order valence-electron chi connectivity index (χ1n) is 9.32. The average Bonchev–Trinajstić information content (AvgIpc) is 3.15. The molecule has 2 atom stereocenters. The Labute approximate surface area is 164 Å². The molecule has 2 N–H and O–H groups in total. The minimum absolute atomic E-state index is 0.0157. The van der Waals surface area contributed by atoms with Crippen molar-refractivity contribution < 1.29 is 14.6 Å². The van der Waals surface area contributed by atoms with Crippen molar-refractivity contribution in [1.29, 1.82) is 0 Å². The van der Waals surface area contributed by atoms with E-state index in [0.29, 0.717) is 0 Å². The van der Waals surface area contributed by atoms with E-state index >= 15 is 0 Å². The van der Waals surface area contributed by atoms with E-state index in [2.05, 4.69) is 42.0 Å². The zero-order valence-corrected chi connectivity index (χ0v) is 16.3. The normalized spacial score (nSPS) is 13.0. The summed E-state index contributed by atoms with van der Waals surface area (Å²) in [6.07, 6.45) is 1.68. The lowest BCUT2D eigenvalue weighted by atomic mass is 9.95. The standard InChI is InChI=1S/C23H24N2O3/c1-4-6-17(13-22(26)27)16-9-11-18(12-10-16)28-23(15(2)3)19-7-5-8-21-20(19)14-24-25-21/h5,7-12,14-15,17,23H,13H2,1-3H3,(H,24,25)(H,26,27). The lowest BCUT2D eigenvalue weighted by molar-refractivity contribution is -0.137. The van der Waals surface area contributed by atoms with Gasteiger partial charge in [0.1, 0.15) is 11.9 Å². The van der Waals surface area contributed by atoms with Crippen molar-refractivity contribution in [1.82, 2.24) is 10.2 Å². The van der Waals surface area contributed by atoms with E-state index in [1.54, 1.807) is 6.92 Å². The highest BCUT2D eigenvalue weighted by molar-refractivity contribution is 5.82. The Hall–Kier alpha value is -3.26. The van der Waals surface area contributed by atoms with E-state index < -0.39 is 5.97 Å². The minimum atomic E-state index is -0.860. The van der Waals surface area contributed by atoms with Crippen molar-refractivity contribution in [2.45, 2.75) is 39.2 Å². The third-order valence-corrected chi connectivity index (χ3v) is 4.67. The summed E-state index contributed by atoms with van der Waals surface area (Å²) in [5, 5.41) is 17.3. The van der Waals surface area contributed by atoms with Crippen LogP contribution in [0.3, 0.4) is 0 Å². The number of aromatic nitrogens is 2. The van der Waals surface area contributed by atoms with Crippen LogP contribution in [0.4, 0.5) is 0 Å². The van der Waals surface area contributed by atoms with Gasteiger partial charge in [-0.15, -0.1) is 5.92 Å². The maximum absolute atomic E-state index is 11.1. The fourth-order valence-electron chi connectivity index (χ4n) is 3.32. The van der Waals surface area contributed by atoms with Crippen LogP contribution in [0.25, 0.3) is 10.9 Å². The molecule has 2 aromatic carbocycles. The molecule has 0 spiro atoms. The van der Waals surface area contributed by atoms with Gasteiger partial charge in [0, 0.05) is 10.9 Å². The predicted molar refractivity (Wildman–Crippen MR) is 109 cm³/mol. The Kier molecular flexibility index (Phi) is 6.00. The van der Waals surface area contributed by atoms with Crippen LogP contribution in [-0.2, 0) is 4.79 Å². The first-order valence-corrected chi connectivity index (χ1v) is 9.32. The van der Waals surface area contributed by atoms with Gasteiger partial charge in [-0.2, -0.15) is 5.10 Å². The summed E-state index contributed by atoms with van der Waals surface area (Å²) < 4.78 is 6.32. The monoisotopic (exact) mass is 376 g/mol. The van der Waals surface area contributed by atoms with Crippen LogP contribution in [-0.4, -0.2) is 21.3 Å². The van der Waals surface area contributed by atoms with Crippen LogP contribution in [0.5, 0.6) is 5.75 Å². The van der Waals surface area contributed by atoms with Crippen LogP contribution in [0.2, 0.25) is 0 Å². The van der Waals surface area contributed by atoms with Crippen LogP contribution in [0, 0.1) is 17.8 Å². The number of benzene rings is 2. The van der Waals surface area contributed by atoms with Gasteiger partial charge in [-0.25, -0.2) is 0 Å². The highest BCUT2D eigenvalue weighted by Gasteiger charge is 2.21. The third kappa shape index (κ3) is 4.34. The molecule has 1 heterocycles. The zero-order chi connectivity index (χ0) is 20.1. The molecule has 3 rings (SSSR count). The Morgan fingerprint density at radius 2 is 1.96 bits per heavy atom. The van der Waals surface area contributed by atoms with Crippen molar-refractivity contribution >= 4 is 16.9 Å². The molecule has 144 valence electrons. The molecule has 0 aliphatic rings. The third-order valence-electron chi connectivity index (χ3n) is 4.67. The number of aliphatic carboxylic acids is 1. The second-order valence-electron chi connectivity index (χ2n) is 7.07. The van der Waals surface area contributed by atoms with E-state index in [1.165, 1.54) is 0 Å². The molecule has 5 heteroatoms. The lowest BCUT2D eigenvalue weighted by Gasteiger charge is -2.24. The van der Waals surface area contributed by atoms with Gasteiger partial charge < -0.3 is 9.84 Å². The number of nitrogens with zero attached hydrogens (tertiary/aromatic N) is 1. The molecule has 3 aromatic rings. The van der Waals surface area contributed by atoms with E-state index in [0.717, 1.165) is 27.8 Å². The Morgan fingerprint density at radius 3 is 2.61 bits per heavy atom. The van der Waals surface area contributed by atoms with Gasteiger partial charge in [0.2, 0.25) is 0 Å². The second-order valence-corrected chi connectivity index (χ2v) is 7.07. The molecule has 0 saturated heterocycles. The first-order chi connectivity index (χ1) is 13.5. The fourth-order valence-corrected chi connectivity index (χ4v) is 3.32. The molecule has 2 unspecified atom stereocenters. The fraction of sp³-hybridized carbons (Fsp3) is 0.304. The summed E-state index contributed by atoms with van der Waals surface area (Å²) in [5.74, 6) is 5.60. The molecule has 0 fully saturated rings. The van der Waals surface area contributed by atoms with Crippen LogP contribution >= 0.6 is 0 Å². The number of carboxylic acids is 1. The van der Waals surface area contributed by atoms with E-state index in [4.69, 9.17) is 9.84 Å². The summed E-state index contributed by atoms with van der Waals surface area (Å²) in [5.41, 5.74) is 2.95. The van der Waals surface area contributed by atoms with Crippen LogP contribution in [0.1, 0.15) is 50.3 Å². The molecule has 1 aromatic heterocycles. The minimum Gasteiger partial charge on any atom is -0.485 e. The van der Waals surface area contributed by atoms with Gasteiger partial charge >= 0.3 is 5.97 Å².